The van der Waals surface area contributed by atoms with Crippen LogP contribution in [0.3, 0.4) is 0 Å². The molecule has 1 aromatic heterocycles. The fourth-order valence-corrected chi connectivity index (χ4v) is 1.71. The van der Waals surface area contributed by atoms with Gasteiger partial charge in [-0.3, -0.25) is 4.68 Å². The summed E-state index contributed by atoms with van der Waals surface area (Å²) in [5.41, 5.74) is 1.82. The minimum absolute atomic E-state index is 0.536. The van der Waals surface area contributed by atoms with Crippen LogP contribution in [0.4, 0.5) is 0 Å². The Kier molecular flexibility index (Phi) is 0.571. The van der Waals surface area contributed by atoms with Crippen LogP contribution in [-0.2, 0) is 5.54 Å². The Labute approximate surface area is 59.9 Å². The Balaban J connectivity index is 2.06. The summed E-state index contributed by atoms with van der Waals surface area (Å²) in [5, 5.41) is 4.31. The molecule has 0 saturated heterocycles. The van der Waals surface area contributed by atoms with Gasteiger partial charge < -0.3 is 0 Å². The SMILES string of the molecule is Cc1cnn(C23CC2C3)c1. The molecule has 2 fully saturated rings. The quantitative estimate of drug-likeness (QED) is 0.566. The number of nitrogens with zero attached hydrogens (tertiary/aromatic N) is 2. The van der Waals surface area contributed by atoms with E-state index in [1.165, 1.54) is 18.4 Å². The van der Waals surface area contributed by atoms with Gasteiger partial charge in [-0.05, 0) is 31.2 Å². The first-order valence-electron chi connectivity index (χ1n) is 3.83. The van der Waals surface area contributed by atoms with Crippen molar-refractivity contribution in [2.45, 2.75) is 25.3 Å². The highest BCUT2D eigenvalue weighted by atomic mass is 15.4. The van der Waals surface area contributed by atoms with Gasteiger partial charge in [0.15, 0.2) is 0 Å². The van der Waals surface area contributed by atoms with Crippen LogP contribution in [-0.4, -0.2) is 9.78 Å². The van der Waals surface area contributed by atoms with Crippen molar-refractivity contribution in [3.8, 4) is 0 Å². The average Bonchev–Trinajstić information content (AvgIpc) is 2.64. The first-order chi connectivity index (χ1) is 4.81. The second-order valence-electron chi connectivity index (χ2n) is 3.67. The highest BCUT2D eigenvalue weighted by Gasteiger charge is 2.72. The van der Waals surface area contributed by atoms with Gasteiger partial charge in [-0.1, -0.05) is 0 Å². The third-order valence-electron chi connectivity index (χ3n) is 2.81. The molecular weight excluding hydrogens is 124 g/mol. The lowest BCUT2D eigenvalue weighted by Gasteiger charge is -2.01. The third kappa shape index (κ3) is 0.405. The van der Waals surface area contributed by atoms with Gasteiger partial charge in [0.2, 0.25) is 0 Å². The zero-order valence-electron chi connectivity index (χ0n) is 6.04. The number of hydrogen-bond donors (Lipinski definition) is 0. The molecule has 0 bridgehead atoms. The first kappa shape index (κ1) is 4.94. The summed E-state index contributed by atoms with van der Waals surface area (Å²) in [6.07, 6.45) is 6.87. The van der Waals surface area contributed by atoms with Crippen LogP contribution in [0.15, 0.2) is 12.4 Å². The molecule has 0 spiro atoms. The molecular formula is C8H10N2. The predicted molar refractivity (Wildman–Crippen MR) is 37.7 cm³/mol. The molecule has 1 aromatic rings. The molecule has 0 amide bonds. The molecule has 2 aliphatic rings. The Morgan fingerprint density at radius 1 is 1.70 bits per heavy atom. The fraction of sp³-hybridized carbons (Fsp3) is 0.625. The van der Waals surface area contributed by atoms with Crippen molar-refractivity contribution in [2.75, 3.05) is 0 Å². The van der Waals surface area contributed by atoms with E-state index in [1.54, 1.807) is 0 Å². The number of fused-ring (bicyclic) bond motifs is 1. The van der Waals surface area contributed by atoms with Crippen molar-refractivity contribution < 1.29 is 0 Å². The number of hydrogen-bond acceptors (Lipinski definition) is 1. The van der Waals surface area contributed by atoms with Crippen molar-refractivity contribution in [1.82, 2.24) is 9.78 Å². The van der Waals surface area contributed by atoms with Crippen LogP contribution in [0, 0.1) is 12.8 Å². The van der Waals surface area contributed by atoms with Crippen LogP contribution in [0.1, 0.15) is 18.4 Å². The van der Waals surface area contributed by atoms with Crippen LogP contribution in [0.25, 0.3) is 0 Å². The van der Waals surface area contributed by atoms with Crippen LogP contribution < -0.4 is 0 Å². The Hall–Kier alpha value is -0.790. The molecule has 2 saturated carbocycles. The second-order valence-corrected chi connectivity index (χ2v) is 3.67. The molecule has 0 aromatic carbocycles. The van der Waals surface area contributed by atoms with Crippen LogP contribution in [0.2, 0.25) is 0 Å². The van der Waals surface area contributed by atoms with Crippen LogP contribution in [0.5, 0.6) is 0 Å². The Bertz CT molecular complexity index is 281. The summed E-state index contributed by atoms with van der Waals surface area (Å²) in [5.74, 6) is 0.992. The molecule has 0 unspecified atom stereocenters. The van der Waals surface area contributed by atoms with E-state index in [0.717, 1.165) is 5.92 Å². The van der Waals surface area contributed by atoms with Gasteiger partial charge in [-0.15, -0.1) is 0 Å². The smallest absolute Gasteiger partial charge is 0.0664 e. The molecule has 2 aliphatic carbocycles. The molecule has 2 nitrogen and oxygen atoms in total. The Morgan fingerprint density at radius 2 is 2.40 bits per heavy atom. The predicted octanol–water partition coefficient (Wildman–Crippen LogP) is 1.31. The largest absolute Gasteiger partial charge is 0.266 e. The van der Waals surface area contributed by atoms with Gasteiger partial charge in [0, 0.05) is 6.20 Å². The van der Waals surface area contributed by atoms with Gasteiger partial charge in [0.1, 0.15) is 0 Å². The molecule has 10 heavy (non-hydrogen) atoms. The van der Waals surface area contributed by atoms with E-state index in [-0.39, 0.29) is 0 Å². The summed E-state index contributed by atoms with van der Waals surface area (Å²) < 4.78 is 2.16. The molecule has 1 heterocycles. The number of aromatic nitrogens is 2. The fourth-order valence-electron chi connectivity index (χ4n) is 1.71. The summed E-state index contributed by atoms with van der Waals surface area (Å²) in [6, 6.07) is 0. The zero-order valence-corrected chi connectivity index (χ0v) is 6.04. The molecule has 3 rings (SSSR count). The van der Waals surface area contributed by atoms with Gasteiger partial charge in [-0.25, -0.2) is 0 Å². The topological polar surface area (TPSA) is 17.8 Å². The molecule has 0 atom stereocenters. The number of rotatable bonds is 1. The minimum Gasteiger partial charge on any atom is -0.266 e. The van der Waals surface area contributed by atoms with Gasteiger partial charge in [0.25, 0.3) is 0 Å². The summed E-state index contributed by atoms with van der Waals surface area (Å²) in [7, 11) is 0. The van der Waals surface area contributed by atoms with E-state index in [1.807, 2.05) is 6.20 Å². The second kappa shape index (κ2) is 1.16. The van der Waals surface area contributed by atoms with E-state index in [2.05, 4.69) is 22.9 Å². The van der Waals surface area contributed by atoms with Crippen molar-refractivity contribution in [3.05, 3.63) is 18.0 Å². The van der Waals surface area contributed by atoms with E-state index in [0.29, 0.717) is 5.54 Å². The maximum atomic E-state index is 4.31. The highest BCUT2D eigenvalue weighted by Crippen LogP contribution is 2.72. The average molecular weight is 134 g/mol. The zero-order chi connectivity index (χ0) is 6.77. The highest BCUT2D eigenvalue weighted by molar-refractivity contribution is 5.24. The van der Waals surface area contributed by atoms with Crippen molar-refractivity contribution >= 4 is 0 Å². The maximum absolute atomic E-state index is 4.31. The lowest BCUT2D eigenvalue weighted by Crippen LogP contribution is -2.06. The monoisotopic (exact) mass is 134 g/mol. The minimum atomic E-state index is 0.536. The summed E-state index contributed by atoms with van der Waals surface area (Å²) >= 11 is 0. The van der Waals surface area contributed by atoms with E-state index < -0.39 is 0 Å². The summed E-state index contributed by atoms with van der Waals surface area (Å²) in [6.45, 7) is 2.10. The number of aryl methyl sites for hydroxylation is 1. The lowest BCUT2D eigenvalue weighted by atomic mass is 10.3. The Morgan fingerprint density at radius 3 is 2.80 bits per heavy atom. The standard InChI is InChI=1S/C8H10N2/c1-6-4-9-10(5-6)8-2-7(8)3-8/h4-5,7H,2-3H2,1H3. The normalized spacial score (nSPS) is 41.1. The first-order valence-corrected chi connectivity index (χ1v) is 3.83. The van der Waals surface area contributed by atoms with Gasteiger partial charge in [0.05, 0.1) is 11.7 Å². The van der Waals surface area contributed by atoms with Crippen LogP contribution >= 0.6 is 0 Å². The van der Waals surface area contributed by atoms with E-state index in [4.69, 9.17) is 0 Å². The third-order valence-corrected chi connectivity index (χ3v) is 2.81. The van der Waals surface area contributed by atoms with E-state index in [9.17, 15) is 0 Å². The lowest BCUT2D eigenvalue weighted by molar-refractivity contribution is 0.530. The van der Waals surface area contributed by atoms with Crippen molar-refractivity contribution in [3.63, 3.8) is 0 Å². The van der Waals surface area contributed by atoms with Crippen molar-refractivity contribution in [1.29, 1.82) is 0 Å². The van der Waals surface area contributed by atoms with E-state index >= 15 is 0 Å². The molecule has 2 heteroatoms. The molecule has 0 radical (unpaired) electrons. The van der Waals surface area contributed by atoms with Gasteiger partial charge in [-0.2, -0.15) is 5.10 Å². The summed E-state index contributed by atoms with van der Waals surface area (Å²) in [4.78, 5) is 0. The molecule has 0 N–H and O–H groups in total. The molecule has 52 valence electrons. The van der Waals surface area contributed by atoms with Crippen molar-refractivity contribution in [2.24, 2.45) is 5.92 Å². The molecule has 0 aliphatic heterocycles. The maximum Gasteiger partial charge on any atom is 0.0664 e. The van der Waals surface area contributed by atoms with Gasteiger partial charge >= 0.3 is 0 Å².